The summed E-state index contributed by atoms with van der Waals surface area (Å²) >= 11 is 0. The molecule has 1 saturated heterocycles. The van der Waals surface area contributed by atoms with Crippen LogP contribution in [-0.2, 0) is 0 Å². The fourth-order valence-corrected chi connectivity index (χ4v) is 3.91. The van der Waals surface area contributed by atoms with Crippen LogP contribution in [0.25, 0.3) is 0 Å². The highest BCUT2D eigenvalue weighted by Crippen LogP contribution is 2.21. The van der Waals surface area contributed by atoms with Gasteiger partial charge in [0, 0.05) is 37.8 Å². The van der Waals surface area contributed by atoms with Crippen molar-refractivity contribution in [2.45, 2.75) is 52.0 Å². The molecule has 148 valence electrons. The van der Waals surface area contributed by atoms with E-state index in [0.29, 0.717) is 44.4 Å². The van der Waals surface area contributed by atoms with Gasteiger partial charge >= 0.3 is 6.03 Å². The highest BCUT2D eigenvalue weighted by molar-refractivity contribution is 5.94. The molecule has 3 amide bonds. The van der Waals surface area contributed by atoms with E-state index in [9.17, 15) is 9.59 Å². The number of hydrogen-bond donors (Lipinski definition) is 1. The summed E-state index contributed by atoms with van der Waals surface area (Å²) in [5.74, 6) is 0.840. The number of nitrogens with one attached hydrogen (secondary N) is 1. The Morgan fingerprint density at radius 1 is 1.07 bits per heavy atom. The molecular weight excluding hydrogens is 342 g/mol. The summed E-state index contributed by atoms with van der Waals surface area (Å²) in [6, 6.07) is 5.90. The molecule has 1 aliphatic carbocycles. The van der Waals surface area contributed by atoms with Crippen molar-refractivity contribution in [3.63, 3.8) is 0 Å². The molecule has 1 saturated carbocycles. The highest BCUT2D eigenvalue weighted by Gasteiger charge is 2.26. The first-order valence-electron chi connectivity index (χ1n) is 10.2. The lowest BCUT2D eigenvalue weighted by molar-refractivity contribution is 0.0662. The van der Waals surface area contributed by atoms with E-state index in [4.69, 9.17) is 4.74 Å². The minimum atomic E-state index is 0.0194. The Labute approximate surface area is 161 Å². The molecule has 0 unspecified atom stereocenters. The lowest BCUT2D eigenvalue weighted by Crippen LogP contribution is -2.54. The van der Waals surface area contributed by atoms with Crippen LogP contribution in [0.4, 0.5) is 4.79 Å². The largest absolute Gasteiger partial charge is 0.494 e. The third kappa shape index (κ3) is 4.93. The molecule has 27 heavy (non-hydrogen) atoms. The second-order valence-corrected chi connectivity index (χ2v) is 7.48. The van der Waals surface area contributed by atoms with Gasteiger partial charge in [-0.3, -0.25) is 4.79 Å². The molecule has 0 bridgehead atoms. The predicted octanol–water partition coefficient (Wildman–Crippen LogP) is 3.19. The normalized spacial score (nSPS) is 18.3. The molecule has 2 fully saturated rings. The summed E-state index contributed by atoms with van der Waals surface area (Å²) < 4.78 is 5.54. The number of amides is 3. The zero-order valence-electron chi connectivity index (χ0n) is 16.5. The Bertz CT molecular complexity index is 663. The second kappa shape index (κ2) is 9.11. The van der Waals surface area contributed by atoms with Gasteiger partial charge in [0.15, 0.2) is 0 Å². The fraction of sp³-hybridized carbons (Fsp3) is 0.619. The molecule has 1 heterocycles. The van der Waals surface area contributed by atoms with E-state index in [-0.39, 0.29) is 11.9 Å². The Hall–Kier alpha value is -2.24. The fourth-order valence-electron chi connectivity index (χ4n) is 3.91. The van der Waals surface area contributed by atoms with Gasteiger partial charge in [-0.1, -0.05) is 19.3 Å². The van der Waals surface area contributed by atoms with Crippen molar-refractivity contribution in [1.82, 2.24) is 15.1 Å². The molecule has 2 aliphatic rings. The number of piperazine rings is 1. The van der Waals surface area contributed by atoms with Crippen molar-refractivity contribution in [2.75, 3.05) is 32.8 Å². The van der Waals surface area contributed by atoms with Crippen LogP contribution in [0.3, 0.4) is 0 Å². The average Bonchev–Trinajstić information content (AvgIpc) is 2.70. The maximum absolute atomic E-state index is 12.8. The van der Waals surface area contributed by atoms with E-state index in [2.05, 4.69) is 5.32 Å². The summed E-state index contributed by atoms with van der Waals surface area (Å²) in [5.41, 5.74) is 1.64. The predicted molar refractivity (Wildman–Crippen MR) is 105 cm³/mol. The molecule has 1 N–H and O–H groups in total. The van der Waals surface area contributed by atoms with Gasteiger partial charge in [-0.05, 0) is 50.5 Å². The topological polar surface area (TPSA) is 61.9 Å². The summed E-state index contributed by atoms with van der Waals surface area (Å²) in [6.45, 7) is 6.82. The van der Waals surface area contributed by atoms with Crippen molar-refractivity contribution in [1.29, 1.82) is 0 Å². The van der Waals surface area contributed by atoms with Crippen LogP contribution in [0, 0.1) is 6.92 Å². The number of urea groups is 1. The number of benzene rings is 1. The minimum Gasteiger partial charge on any atom is -0.494 e. The molecule has 3 rings (SSSR count). The second-order valence-electron chi connectivity index (χ2n) is 7.48. The van der Waals surface area contributed by atoms with Crippen LogP contribution in [0.5, 0.6) is 5.75 Å². The van der Waals surface area contributed by atoms with Crippen molar-refractivity contribution >= 4 is 11.9 Å². The molecule has 6 nitrogen and oxygen atoms in total. The Kier molecular flexibility index (Phi) is 6.58. The number of carbonyl (C=O) groups excluding carboxylic acids is 2. The van der Waals surface area contributed by atoms with Gasteiger partial charge in [-0.2, -0.15) is 0 Å². The smallest absolute Gasteiger partial charge is 0.317 e. The molecule has 1 aromatic carbocycles. The molecule has 0 spiro atoms. The molecule has 0 radical (unpaired) electrons. The summed E-state index contributed by atoms with van der Waals surface area (Å²) in [7, 11) is 0. The molecule has 0 atom stereocenters. The number of hydrogen-bond acceptors (Lipinski definition) is 3. The average molecular weight is 373 g/mol. The van der Waals surface area contributed by atoms with Gasteiger partial charge in [0.1, 0.15) is 5.75 Å². The van der Waals surface area contributed by atoms with Crippen LogP contribution in [-0.4, -0.2) is 60.6 Å². The summed E-state index contributed by atoms with van der Waals surface area (Å²) in [4.78, 5) is 28.9. The van der Waals surface area contributed by atoms with E-state index >= 15 is 0 Å². The van der Waals surface area contributed by atoms with Gasteiger partial charge in [-0.25, -0.2) is 4.79 Å². The number of aryl methyl sites for hydroxylation is 1. The van der Waals surface area contributed by atoms with Crippen molar-refractivity contribution in [3.8, 4) is 5.75 Å². The molecule has 1 aromatic rings. The van der Waals surface area contributed by atoms with Crippen LogP contribution >= 0.6 is 0 Å². The van der Waals surface area contributed by atoms with E-state index in [0.717, 1.165) is 24.2 Å². The van der Waals surface area contributed by atoms with Crippen LogP contribution in [0.15, 0.2) is 18.2 Å². The van der Waals surface area contributed by atoms with Gasteiger partial charge in [0.05, 0.1) is 6.61 Å². The van der Waals surface area contributed by atoms with E-state index < -0.39 is 0 Å². The van der Waals surface area contributed by atoms with E-state index in [1.807, 2.05) is 41.8 Å². The number of ether oxygens (including phenoxy) is 1. The molecule has 6 heteroatoms. The van der Waals surface area contributed by atoms with Crippen molar-refractivity contribution < 1.29 is 14.3 Å². The lowest BCUT2D eigenvalue weighted by atomic mass is 9.96. The summed E-state index contributed by atoms with van der Waals surface area (Å²) in [5, 5.41) is 3.16. The van der Waals surface area contributed by atoms with Crippen molar-refractivity contribution in [2.24, 2.45) is 0 Å². The zero-order valence-corrected chi connectivity index (χ0v) is 16.5. The van der Waals surface area contributed by atoms with Crippen LogP contribution in [0.2, 0.25) is 0 Å². The maximum Gasteiger partial charge on any atom is 0.317 e. The van der Waals surface area contributed by atoms with Crippen LogP contribution in [0.1, 0.15) is 54.9 Å². The van der Waals surface area contributed by atoms with Gasteiger partial charge in [0.2, 0.25) is 0 Å². The summed E-state index contributed by atoms with van der Waals surface area (Å²) in [6.07, 6.45) is 5.85. The maximum atomic E-state index is 12.8. The lowest BCUT2D eigenvalue weighted by Gasteiger charge is -2.36. The monoisotopic (exact) mass is 373 g/mol. The van der Waals surface area contributed by atoms with Gasteiger partial charge in [-0.15, -0.1) is 0 Å². The quantitative estimate of drug-likeness (QED) is 0.882. The third-order valence-corrected chi connectivity index (χ3v) is 5.51. The number of nitrogens with zero attached hydrogens (tertiary/aromatic N) is 2. The molecule has 1 aliphatic heterocycles. The molecular formula is C21H31N3O3. The Morgan fingerprint density at radius 3 is 2.37 bits per heavy atom. The number of rotatable bonds is 4. The molecule has 0 aromatic heterocycles. The first kappa shape index (κ1) is 19.5. The minimum absolute atomic E-state index is 0.0194. The first-order valence-corrected chi connectivity index (χ1v) is 10.2. The van der Waals surface area contributed by atoms with Crippen molar-refractivity contribution in [3.05, 3.63) is 29.3 Å². The highest BCUT2D eigenvalue weighted by atomic mass is 16.5. The van der Waals surface area contributed by atoms with E-state index in [1.54, 1.807) is 0 Å². The van der Waals surface area contributed by atoms with E-state index in [1.165, 1.54) is 19.3 Å². The Morgan fingerprint density at radius 2 is 1.74 bits per heavy atom. The third-order valence-electron chi connectivity index (χ3n) is 5.51. The van der Waals surface area contributed by atoms with Gasteiger partial charge in [0.25, 0.3) is 5.91 Å². The Balaban J connectivity index is 1.51. The van der Waals surface area contributed by atoms with Gasteiger partial charge < -0.3 is 19.9 Å². The first-order chi connectivity index (χ1) is 13.1. The SMILES string of the molecule is CCOc1ccc(C(=O)N2CCN(C(=O)NC3CCCCC3)CC2)cc1C. The zero-order chi connectivity index (χ0) is 19.2. The standard InChI is InChI=1S/C21H31N3O3/c1-3-27-19-10-9-17(15-16(19)2)20(25)23-11-13-24(14-12-23)21(26)22-18-7-5-4-6-8-18/h9-10,15,18H,3-8,11-14H2,1-2H3,(H,22,26). The number of carbonyl (C=O) groups is 2. The van der Waals surface area contributed by atoms with Crippen LogP contribution < -0.4 is 10.1 Å².